The summed E-state index contributed by atoms with van der Waals surface area (Å²) in [4.78, 5) is 25.1. The van der Waals surface area contributed by atoms with Crippen LogP contribution in [-0.4, -0.2) is 20.1 Å². The molecule has 0 radical (unpaired) electrons. The highest BCUT2D eigenvalue weighted by Gasteiger charge is 2.18. The largest absolute Gasteiger partial charge is 0.506 e. The summed E-state index contributed by atoms with van der Waals surface area (Å²) in [5.74, 6) is -0.276. The van der Waals surface area contributed by atoms with Gasteiger partial charge in [-0.3, -0.25) is 14.8 Å². The second-order valence-electron chi connectivity index (χ2n) is 4.90. The Morgan fingerprint density at radius 1 is 1.25 bits per heavy atom. The van der Waals surface area contributed by atoms with E-state index in [0.29, 0.717) is 10.2 Å². The third kappa shape index (κ3) is 2.19. The highest BCUT2D eigenvalue weighted by Crippen LogP contribution is 2.42. The van der Waals surface area contributed by atoms with E-state index in [1.165, 1.54) is 22.7 Å². The number of pyridine rings is 1. The number of aromatic nitrogens is 3. The van der Waals surface area contributed by atoms with Crippen molar-refractivity contribution >= 4 is 32.9 Å². The first kappa shape index (κ1) is 14.6. The molecule has 8 heteroatoms. The molecule has 0 fully saturated rings. The van der Waals surface area contributed by atoms with Crippen LogP contribution in [0.4, 0.5) is 0 Å². The van der Waals surface area contributed by atoms with E-state index in [-0.39, 0.29) is 11.3 Å². The first-order valence-electron chi connectivity index (χ1n) is 6.82. The van der Waals surface area contributed by atoms with Gasteiger partial charge in [-0.25, -0.2) is 0 Å². The zero-order chi connectivity index (χ0) is 16.7. The molecule has 4 rings (SSSR count). The molecule has 4 aromatic rings. The summed E-state index contributed by atoms with van der Waals surface area (Å²) >= 11 is 2.82. The molecule has 0 spiro atoms. The molecule has 4 heterocycles. The second kappa shape index (κ2) is 5.56. The normalized spacial score (nSPS) is 10.8. The summed E-state index contributed by atoms with van der Waals surface area (Å²) in [5, 5.41) is 21.7. The van der Waals surface area contributed by atoms with Crippen molar-refractivity contribution in [2.75, 3.05) is 0 Å². The molecule has 24 heavy (non-hydrogen) atoms. The van der Waals surface area contributed by atoms with Crippen molar-refractivity contribution in [3.05, 3.63) is 52.0 Å². The van der Waals surface area contributed by atoms with Crippen LogP contribution in [0.2, 0.25) is 0 Å². The van der Waals surface area contributed by atoms with Crippen LogP contribution in [0.5, 0.6) is 5.75 Å². The van der Waals surface area contributed by atoms with Crippen LogP contribution in [0.3, 0.4) is 0 Å². The Hall–Kier alpha value is -3.02. The van der Waals surface area contributed by atoms with Gasteiger partial charge in [0, 0.05) is 28.2 Å². The predicted molar refractivity (Wildman–Crippen MR) is 93.2 cm³/mol. The third-order valence-electron chi connectivity index (χ3n) is 3.52. The molecule has 0 aromatic carbocycles. The Balaban J connectivity index is 1.91. The fraction of sp³-hybridized carbons (Fsp3) is 0. The number of thiophene rings is 2. The van der Waals surface area contributed by atoms with Crippen molar-refractivity contribution in [2.45, 2.75) is 0 Å². The summed E-state index contributed by atoms with van der Waals surface area (Å²) < 4.78 is 0. The lowest BCUT2D eigenvalue weighted by Crippen LogP contribution is -2.09. The molecule has 0 unspecified atom stereocenters. The quantitative estimate of drug-likeness (QED) is 0.576. The lowest BCUT2D eigenvalue weighted by molar-refractivity contribution is 0.479. The topological polar surface area (TPSA) is 103 Å². The molecular weight excluding hydrogens is 344 g/mol. The highest BCUT2D eigenvalue weighted by atomic mass is 32.1. The van der Waals surface area contributed by atoms with Crippen molar-refractivity contribution < 1.29 is 5.11 Å². The number of nitrogens with zero attached hydrogens (tertiary/aromatic N) is 3. The van der Waals surface area contributed by atoms with Crippen molar-refractivity contribution in [1.82, 2.24) is 15.0 Å². The van der Waals surface area contributed by atoms with E-state index in [2.05, 4.69) is 15.0 Å². The van der Waals surface area contributed by atoms with Gasteiger partial charge in [-0.15, -0.1) is 22.7 Å². The van der Waals surface area contributed by atoms with E-state index in [1.807, 2.05) is 17.5 Å². The minimum Gasteiger partial charge on any atom is -0.506 e. The van der Waals surface area contributed by atoms with Crippen LogP contribution in [-0.2, 0) is 0 Å². The fourth-order valence-electron chi connectivity index (χ4n) is 2.41. The highest BCUT2D eigenvalue weighted by molar-refractivity contribution is 7.20. The van der Waals surface area contributed by atoms with Crippen LogP contribution in [0.1, 0.15) is 5.56 Å². The van der Waals surface area contributed by atoms with Gasteiger partial charge in [-0.2, -0.15) is 5.26 Å². The Labute approximate surface area is 143 Å². The molecule has 0 saturated carbocycles. The number of rotatable bonds is 2. The van der Waals surface area contributed by atoms with Crippen molar-refractivity contribution in [3.8, 4) is 32.8 Å². The van der Waals surface area contributed by atoms with E-state index in [4.69, 9.17) is 5.26 Å². The standard InChI is InChI=1S/C16H8N4O2S2/c17-5-8-14(21)13-9(7-23-16(13)20-15(8)22)11-1-2-12(24-11)10-6-18-3-4-19-10/h1-4,6-7H,(H2,20,21,22). The van der Waals surface area contributed by atoms with Crippen LogP contribution in [0.15, 0.2) is 40.9 Å². The van der Waals surface area contributed by atoms with Gasteiger partial charge in [0.2, 0.25) is 0 Å². The van der Waals surface area contributed by atoms with E-state index < -0.39 is 5.56 Å². The monoisotopic (exact) mass is 352 g/mol. The first-order chi connectivity index (χ1) is 11.7. The maximum Gasteiger partial charge on any atom is 0.270 e. The molecule has 6 nitrogen and oxygen atoms in total. The number of nitriles is 1. The number of nitrogens with one attached hydrogen (secondary N) is 1. The van der Waals surface area contributed by atoms with Crippen LogP contribution >= 0.6 is 22.7 Å². The maximum atomic E-state index is 11.8. The SMILES string of the molecule is N#Cc1c(O)c2c(-c3ccc(-c4cnccn4)s3)csc2[nH]c1=O. The summed E-state index contributed by atoms with van der Waals surface area (Å²) in [5.41, 5.74) is 0.694. The van der Waals surface area contributed by atoms with Gasteiger partial charge in [0.1, 0.15) is 16.6 Å². The minimum absolute atomic E-state index is 0.271. The minimum atomic E-state index is -0.581. The molecule has 2 N–H and O–H groups in total. The average Bonchev–Trinajstić information content (AvgIpc) is 3.22. The summed E-state index contributed by atoms with van der Waals surface area (Å²) in [7, 11) is 0. The summed E-state index contributed by atoms with van der Waals surface area (Å²) in [6.45, 7) is 0. The molecule has 0 amide bonds. The van der Waals surface area contributed by atoms with E-state index in [1.54, 1.807) is 24.7 Å². The third-order valence-corrected chi connectivity index (χ3v) is 5.55. The van der Waals surface area contributed by atoms with Gasteiger partial charge < -0.3 is 10.1 Å². The second-order valence-corrected chi connectivity index (χ2v) is 6.86. The number of hydrogen-bond donors (Lipinski definition) is 2. The molecule has 0 atom stereocenters. The Morgan fingerprint density at radius 3 is 2.83 bits per heavy atom. The smallest absolute Gasteiger partial charge is 0.270 e. The number of fused-ring (bicyclic) bond motifs is 1. The van der Waals surface area contributed by atoms with Gasteiger partial charge in [0.05, 0.1) is 22.2 Å². The van der Waals surface area contributed by atoms with E-state index in [0.717, 1.165) is 21.0 Å². The predicted octanol–water partition coefficient (Wildman–Crippen LogP) is 3.35. The van der Waals surface area contributed by atoms with Crippen molar-refractivity contribution in [3.63, 3.8) is 0 Å². The number of hydrogen-bond acceptors (Lipinski definition) is 7. The molecule has 0 saturated heterocycles. The van der Waals surface area contributed by atoms with Gasteiger partial charge in [0.25, 0.3) is 5.56 Å². The van der Waals surface area contributed by atoms with Gasteiger partial charge in [-0.05, 0) is 12.1 Å². The summed E-state index contributed by atoms with van der Waals surface area (Å²) in [6, 6.07) is 5.61. The van der Waals surface area contributed by atoms with Crippen LogP contribution in [0.25, 0.3) is 31.2 Å². The molecule has 0 aliphatic heterocycles. The fourth-order valence-corrected chi connectivity index (χ4v) is 4.44. The van der Waals surface area contributed by atoms with Crippen LogP contribution in [0, 0.1) is 11.3 Å². The lowest BCUT2D eigenvalue weighted by atomic mass is 10.1. The molecule has 0 aliphatic rings. The van der Waals surface area contributed by atoms with Crippen molar-refractivity contribution in [2.24, 2.45) is 0 Å². The first-order valence-corrected chi connectivity index (χ1v) is 8.52. The maximum absolute atomic E-state index is 11.8. The van der Waals surface area contributed by atoms with Gasteiger partial charge in [-0.1, -0.05) is 0 Å². The lowest BCUT2D eigenvalue weighted by Gasteiger charge is -2.00. The van der Waals surface area contributed by atoms with E-state index >= 15 is 0 Å². The molecule has 0 aliphatic carbocycles. The summed E-state index contributed by atoms with van der Waals surface area (Å²) in [6.07, 6.45) is 4.93. The van der Waals surface area contributed by atoms with Crippen LogP contribution < -0.4 is 5.56 Å². The molecule has 0 bridgehead atoms. The molecular formula is C16H8N4O2S2. The number of aromatic amines is 1. The zero-order valence-electron chi connectivity index (χ0n) is 12.0. The van der Waals surface area contributed by atoms with Gasteiger partial charge >= 0.3 is 0 Å². The number of aromatic hydroxyl groups is 1. The van der Waals surface area contributed by atoms with Crippen molar-refractivity contribution in [1.29, 1.82) is 5.26 Å². The zero-order valence-corrected chi connectivity index (χ0v) is 13.6. The average molecular weight is 352 g/mol. The Bertz CT molecular complexity index is 1150. The Morgan fingerprint density at radius 2 is 2.08 bits per heavy atom. The Kier molecular flexibility index (Phi) is 3.37. The van der Waals surface area contributed by atoms with E-state index in [9.17, 15) is 9.90 Å². The molecule has 116 valence electrons. The van der Waals surface area contributed by atoms with Gasteiger partial charge in [0.15, 0.2) is 5.56 Å². The molecule has 4 aromatic heterocycles. The number of H-pyrrole nitrogens is 1.